The highest BCUT2D eigenvalue weighted by Crippen LogP contribution is 2.06. The fraction of sp³-hybridized carbons (Fsp3) is 0.350. The Morgan fingerprint density at radius 1 is 1.15 bits per heavy atom. The number of nitrogens with zero attached hydrogens (tertiary/aromatic N) is 3. The Kier molecular flexibility index (Phi) is 9.77. The first-order chi connectivity index (χ1) is 12.5. The molecular formula is C20H28IN5O. The Bertz CT molecular complexity index is 761. The molecule has 2 rings (SSSR count). The van der Waals surface area contributed by atoms with Crippen LogP contribution in [0.1, 0.15) is 23.2 Å². The topological polar surface area (TPSA) is 69.6 Å². The zero-order valence-corrected chi connectivity index (χ0v) is 18.7. The molecule has 0 radical (unpaired) electrons. The van der Waals surface area contributed by atoms with Crippen LogP contribution in [-0.2, 0) is 11.3 Å². The number of benzene rings is 1. The van der Waals surface area contributed by atoms with E-state index < -0.39 is 0 Å². The monoisotopic (exact) mass is 481 g/mol. The van der Waals surface area contributed by atoms with Crippen LogP contribution in [0.3, 0.4) is 0 Å². The largest absolute Gasteiger partial charge is 0.356 e. The number of amides is 1. The number of hydrogen-bond acceptors (Lipinski definition) is 3. The number of carbonyl (C=O) groups excluding carboxylic acids is 1. The summed E-state index contributed by atoms with van der Waals surface area (Å²) in [4.78, 5) is 22.6. The van der Waals surface area contributed by atoms with Crippen molar-refractivity contribution in [2.45, 2.75) is 26.8 Å². The van der Waals surface area contributed by atoms with Crippen LogP contribution in [0.4, 0.5) is 5.82 Å². The molecule has 0 unspecified atom stereocenters. The molecule has 0 aliphatic rings. The van der Waals surface area contributed by atoms with Crippen molar-refractivity contribution in [3.05, 3.63) is 59.3 Å². The van der Waals surface area contributed by atoms with E-state index >= 15 is 0 Å². The fourth-order valence-electron chi connectivity index (χ4n) is 2.53. The van der Waals surface area contributed by atoms with E-state index in [1.165, 1.54) is 11.1 Å². The maximum absolute atomic E-state index is 12.0. The molecule has 0 aliphatic carbocycles. The van der Waals surface area contributed by atoms with Gasteiger partial charge in [0.2, 0.25) is 5.91 Å². The molecule has 0 spiro atoms. The Labute approximate surface area is 178 Å². The van der Waals surface area contributed by atoms with Crippen molar-refractivity contribution >= 4 is 41.7 Å². The third-order valence-corrected chi connectivity index (χ3v) is 3.90. The summed E-state index contributed by atoms with van der Waals surface area (Å²) in [6.45, 7) is 5.22. The van der Waals surface area contributed by atoms with Gasteiger partial charge in [0.1, 0.15) is 5.82 Å². The van der Waals surface area contributed by atoms with Crippen LogP contribution in [0.25, 0.3) is 0 Å². The number of anilines is 1. The number of aryl methyl sites for hydroxylation is 2. The summed E-state index contributed by atoms with van der Waals surface area (Å²) in [6.07, 6.45) is 0.340. The van der Waals surface area contributed by atoms with Gasteiger partial charge in [0.05, 0.1) is 0 Å². The summed E-state index contributed by atoms with van der Waals surface area (Å²) < 4.78 is 0. The van der Waals surface area contributed by atoms with Gasteiger partial charge in [0.25, 0.3) is 0 Å². The summed E-state index contributed by atoms with van der Waals surface area (Å²) >= 11 is 0. The number of aromatic nitrogens is 1. The van der Waals surface area contributed by atoms with Gasteiger partial charge in [-0.3, -0.25) is 9.79 Å². The van der Waals surface area contributed by atoms with Crippen molar-refractivity contribution in [3.63, 3.8) is 0 Å². The Hall–Kier alpha value is -2.16. The summed E-state index contributed by atoms with van der Waals surface area (Å²) in [5.41, 5.74) is 3.33. The highest BCUT2D eigenvalue weighted by atomic mass is 127. The molecule has 0 saturated carbocycles. The molecule has 0 bridgehead atoms. The minimum Gasteiger partial charge on any atom is -0.356 e. The van der Waals surface area contributed by atoms with Crippen LogP contribution in [0.2, 0.25) is 0 Å². The van der Waals surface area contributed by atoms with E-state index in [2.05, 4.69) is 51.8 Å². The average molecular weight is 481 g/mol. The van der Waals surface area contributed by atoms with Crippen molar-refractivity contribution in [1.29, 1.82) is 0 Å². The van der Waals surface area contributed by atoms with Gasteiger partial charge in [0.15, 0.2) is 5.96 Å². The molecule has 0 atom stereocenters. The lowest BCUT2D eigenvalue weighted by molar-refractivity contribution is -0.116. The van der Waals surface area contributed by atoms with Gasteiger partial charge in [-0.05, 0) is 31.5 Å². The number of nitrogens with one attached hydrogen (secondary N) is 2. The molecule has 1 aromatic carbocycles. The highest BCUT2D eigenvalue weighted by molar-refractivity contribution is 14.0. The van der Waals surface area contributed by atoms with E-state index in [1.807, 2.05) is 31.0 Å². The first-order valence-corrected chi connectivity index (χ1v) is 8.69. The van der Waals surface area contributed by atoms with E-state index in [4.69, 9.17) is 0 Å². The van der Waals surface area contributed by atoms with Gasteiger partial charge < -0.3 is 15.5 Å². The summed E-state index contributed by atoms with van der Waals surface area (Å²) in [5.74, 6) is 1.26. The average Bonchev–Trinajstić information content (AvgIpc) is 2.60. The summed E-state index contributed by atoms with van der Waals surface area (Å²) in [7, 11) is 3.72. The summed E-state index contributed by atoms with van der Waals surface area (Å²) in [6, 6.07) is 14.0. The van der Waals surface area contributed by atoms with E-state index in [-0.39, 0.29) is 29.9 Å². The lowest BCUT2D eigenvalue weighted by Crippen LogP contribution is -2.39. The van der Waals surface area contributed by atoms with Gasteiger partial charge >= 0.3 is 0 Å². The predicted molar refractivity (Wildman–Crippen MR) is 122 cm³/mol. The SMILES string of the molecule is CN=C(NCCC(=O)Nc1cccc(C)n1)N(C)Cc1ccc(C)cc1.I. The van der Waals surface area contributed by atoms with Crippen LogP contribution in [0, 0.1) is 13.8 Å². The molecule has 1 aromatic heterocycles. The van der Waals surface area contributed by atoms with E-state index in [1.54, 1.807) is 13.1 Å². The zero-order chi connectivity index (χ0) is 18.9. The van der Waals surface area contributed by atoms with Crippen molar-refractivity contribution in [2.75, 3.05) is 26.0 Å². The first kappa shape index (κ1) is 22.9. The number of pyridine rings is 1. The lowest BCUT2D eigenvalue weighted by Gasteiger charge is -2.22. The lowest BCUT2D eigenvalue weighted by atomic mass is 10.1. The van der Waals surface area contributed by atoms with Gasteiger partial charge in [-0.1, -0.05) is 35.9 Å². The molecule has 1 amide bonds. The molecule has 0 fully saturated rings. The normalized spacial score (nSPS) is 10.7. The number of carbonyl (C=O) groups is 1. The third kappa shape index (κ3) is 7.94. The Morgan fingerprint density at radius 3 is 2.48 bits per heavy atom. The minimum absolute atomic E-state index is 0. The molecule has 2 N–H and O–H groups in total. The molecule has 2 aromatic rings. The predicted octanol–water partition coefficient (Wildman–Crippen LogP) is 3.35. The van der Waals surface area contributed by atoms with Crippen molar-refractivity contribution < 1.29 is 4.79 Å². The third-order valence-electron chi connectivity index (χ3n) is 3.90. The molecule has 0 saturated heterocycles. The van der Waals surface area contributed by atoms with Gasteiger partial charge in [0, 0.05) is 39.3 Å². The van der Waals surface area contributed by atoms with Crippen molar-refractivity contribution in [1.82, 2.24) is 15.2 Å². The number of rotatable bonds is 6. The maximum Gasteiger partial charge on any atom is 0.227 e. The highest BCUT2D eigenvalue weighted by Gasteiger charge is 2.08. The quantitative estimate of drug-likeness (QED) is 0.377. The van der Waals surface area contributed by atoms with E-state index in [9.17, 15) is 4.79 Å². The van der Waals surface area contributed by atoms with Gasteiger partial charge in [-0.15, -0.1) is 24.0 Å². The standard InChI is InChI=1S/C20H27N5O.HI/c1-15-8-10-17(11-9-15)14-25(4)20(21-3)22-13-12-19(26)24-18-7-5-6-16(2)23-18;/h5-11H,12-14H2,1-4H3,(H,21,22)(H,23,24,26);1H. The molecule has 146 valence electrons. The second kappa shape index (κ2) is 11.5. The van der Waals surface area contributed by atoms with Crippen LogP contribution >= 0.6 is 24.0 Å². The van der Waals surface area contributed by atoms with Gasteiger partial charge in [-0.2, -0.15) is 0 Å². The Balaban J connectivity index is 0.00000364. The fourth-order valence-corrected chi connectivity index (χ4v) is 2.53. The molecule has 7 heteroatoms. The first-order valence-electron chi connectivity index (χ1n) is 8.69. The second-order valence-electron chi connectivity index (χ2n) is 6.28. The number of hydrogen-bond donors (Lipinski definition) is 2. The molecule has 27 heavy (non-hydrogen) atoms. The molecule has 0 aliphatic heterocycles. The smallest absolute Gasteiger partial charge is 0.227 e. The van der Waals surface area contributed by atoms with E-state index in [0.29, 0.717) is 18.8 Å². The van der Waals surface area contributed by atoms with E-state index in [0.717, 1.165) is 18.2 Å². The van der Waals surface area contributed by atoms with Crippen molar-refractivity contribution in [3.8, 4) is 0 Å². The molecule has 6 nitrogen and oxygen atoms in total. The van der Waals surface area contributed by atoms with Crippen LogP contribution < -0.4 is 10.6 Å². The molecular weight excluding hydrogens is 453 g/mol. The second-order valence-corrected chi connectivity index (χ2v) is 6.28. The number of aliphatic imine (C=N–C) groups is 1. The zero-order valence-electron chi connectivity index (χ0n) is 16.3. The van der Waals surface area contributed by atoms with Gasteiger partial charge in [-0.25, -0.2) is 4.98 Å². The number of halogens is 1. The summed E-state index contributed by atoms with van der Waals surface area (Å²) in [5, 5.41) is 6.03. The Morgan fingerprint density at radius 2 is 1.85 bits per heavy atom. The van der Waals surface area contributed by atoms with Crippen LogP contribution in [0.15, 0.2) is 47.5 Å². The molecule has 1 heterocycles. The van der Waals surface area contributed by atoms with Crippen LogP contribution in [-0.4, -0.2) is 42.4 Å². The van der Waals surface area contributed by atoms with Crippen LogP contribution in [0.5, 0.6) is 0 Å². The number of guanidine groups is 1. The minimum atomic E-state index is -0.0766. The maximum atomic E-state index is 12.0. The van der Waals surface area contributed by atoms with Crippen molar-refractivity contribution in [2.24, 2.45) is 4.99 Å².